The van der Waals surface area contributed by atoms with E-state index in [1.165, 1.54) is 0 Å². The van der Waals surface area contributed by atoms with Gasteiger partial charge in [-0.05, 0) is 37.7 Å². The third-order valence-electron chi connectivity index (χ3n) is 5.15. The molecule has 3 fully saturated rings. The molecule has 3 aliphatic rings. The molecule has 1 aromatic rings. The van der Waals surface area contributed by atoms with Crippen LogP contribution < -0.4 is 4.74 Å². The molecule has 1 atom stereocenters. The van der Waals surface area contributed by atoms with Crippen LogP contribution in [0.25, 0.3) is 0 Å². The van der Waals surface area contributed by atoms with Gasteiger partial charge in [0.05, 0.1) is 17.5 Å². The van der Waals surface area contributed by atoms with E-state index in [0.717, 1.165) is 25.7 Å². The summed E-state index contributed by atoms with van der Waals surface area (Å²) in [6, 6.07) is 5.60. The first-order valence-electron chi connectivity index (χ1n) is 8.27. The minimum absolute atomic E-state index is 0.132. The first-order chi connectivity index (χ1) is 11.1. The van der Waals surface area contributed by atoms with Crippen molar-refractivity contribution >= 4 is 10.0 Å². The van der Waals surface area contributed by atoms with E-state index < -0.39 is 10.0 Å². The zero-order valence-electron chi connectivity index (χ0n) is 13.1. The molecule has 1 aromatic heterocycles. The lowest BCUT2D eigenvalue weighted by Crippen LogP contribution is -2.66. The van der Waals surface area contributed by atoms with Crippen molar-refractivity contribution in [1.29, 1.82) is 0 Å². The van der Waals surface area contributed by atoms with Crippen molar-refractivity contribution in [3.05, 3.63) is 24.4 Å². The van der Waals surface area contributed by atoms with Gasteiger partial charge in [-0.15, -0.1) is 0 Å². The second-order valence-electron chi connectivity index (χ2n) is 6.72. The van der Waals surface area contributed by atoms with Crippen LogP contribution in [-0.2, 0) is 14.8 Å². The average molecular weight is 338 g/mol. The van der Waals surface area contributed by atoms with Crippen LogP contribution in [0, 0.1) is 5.92 Å². The molecule has 0 amide bonds. The molecule has 6 nitrogen and oxygen atoms in total. The summed E-state index contributed by atoms with van der Waals surface area (Å²) in [5.41, 5.74) is -0.282. The molecule has 2 aliphatic heterocycles. The lowest BCUT2D eigenvalue weighted by atomic mass is 9.80. The van der Waals surface area contributed by atoms with E-state index in [1.807, 2.05) is 18.2 Å². The molecule has 23 heavy (non-hydrogen) atoms. The fourth-order valence-corrected chi connectivity index (χ4v) is 5.54. The maximum atomic E-state index is 12.3. The molecular weight excluding hydrogens is 316 g/mol. The fourth-order valence-electron chi connectivity index (χ4n) is 3.59. The van der Waals surface area contributed by atoms with Gasteiger partial charge in [-0.2, -0.15) is 4.31 Å². The summed E-state index contributed by atoms with van der Waals surface area (Å²) in [6.07, 6.45) is 5.18. The first kappa shape index (κ1) is 15.4. The minimum Gasteiger partial charge on any atom is -0.478 e. The molecular formula is C16H22N2O4S. The van der Waals surface area contributed by atoms with Gasteiger partial charge < -0.3 is 9.47 Å². The lowest BCUT2D eigenvalue weighted by molar-refractivity contribution is -0.104. The van der Waals surface area contributed by atoms with Gasteiger partial charge >= 0.3 is 0 Å². The van der Waals surface area contributed by atoms with Crippen LogP contribution >= 0.6 is 0 Å². The van der Waals surface area contributed by atoms with Gasteiger partial charge in [0.1, 0.15) is 0 Å². The van der Waals surface area contributed by atoms with E-state index in [-0.39, 0.29) is 10.9 Å². The first-order valence-corrected chi connectivity index (χ1v) is 9.77. The number of aromatic nitrogens is 1. The Morgan fingerprint density at radius 2 is 2.13 bits per heavy atom. The molecule has 0 bridgehead atoms. The van der Waals surface area contributed by atoms with E-state index in [4.69, 9.17) is 9.47 Å². The number of hydrogen-bond acceptors (Lipinski definition) is 5. The van der Waals surface area contributed by atoms with Gasteiger partial charge in [0.25, 0.3) is 0 Å². The van der Waals surface area contributed by atoms with Crippen LogP contribution in [0.15, 0.2) is 24.4 Å². The highest BCUT2D eigenvalue weighted by Crippen LogP contribution is 2.45. The number of ether oxygens (including phenoxy) is 2. The minimum atomic E-state index is -3.07. The maximum Gasteiger partial charge on any atom is 0.217 e. The number of sulfonamides is 1. The average Bonchev–Trinajstić information content (AvgIpc) is 3.28. The summed E-state index contributed by atoms with van der Waals surface area (Å²) in [5, 5.41) is -0.132. The SMILES string of the molecule is O=S(=O)(C1CC1)N1CC2(C1)OCCC2CCOc1ccccn1. The Morgan fingerprint density at radius 3 is 2.83 bits per heavy atom. The van der Waals surface area contributed by atoms with Gasteiger partial charge in [-0.25, -0.2) is 13.4 Å². The number of hydrogen-bond donors (Lipinski definition) is 0. The molecule has 3 heterocycles. The Hall–Kier alpha value is -1.18. The van der Waals surface area contributed by atoms with Crippen molar-refractivity contribution in [2.75, 3.05) is 26.3 Å². The summed E-state index contributed by atoms with van der Waals surface area (Å²) < 4.78 is 37.7. The van der Waals surface area contributed by atoms with Crippen molar-refractivity contribution in [2.45, 2.75) is 36.5 Å². The maximum absolute atomic E-state index is 12.3. The molecule has 4 rings (SSSR count). The van der Waals surface area contributed by atoms with Gasteiger partial charge in [0.2, 0.25) is 15.9 Å². The highest BCUT2D eigenvalue weighted by Gasteiger charge is 2.58. The van der Waals surface area contributed by atoms with E-state index >= 15 is 0 Å². The summed E-state index contributed by atoms with van der Waals surface area (Å²) in [5.74, 6) is 0.990. The van der Waals surface area contributed by atoms with E-state index in [2.05, 4.69) is 4.98 Å². The Labute approximate surface area is 136 Å². The van der Waals surface area contributed by atoms with Crippen molar-refractivity contribution < 1.29 is 17.9 Å². The Kier molecular flexibility index (Phi) is 3.82. The van der Waals surface area contributed by atoms with E-state index in [0.29, 0.717) is 38.1 Å². The highest BCUT2D eigenvalue weighted by atomic mass is 32.2. The monoisotopic (exact) mass is 338 g/mol. The van der Waals surface area contributed by atoms with Gasteiger partial charge in [0, 0.05) is 32.0 Å². The van der Waals surface area contributed by atoms with Crippen molar-refractivity contribution in [3.63, 3.8) is 0 Å². The predicted molar refractivity (Wildman–Crippen MR) is 84.7 cm³/mol. The molecule has 2 saturated heterocycles. The summed E-state index contributed by atoms with van der Waals surface area (Å²) in [7, 11) is -3.07. The molecule has 1 spiro atoms. The summed E-state index contributed by atoms with van der Waals surface area (Å²) >= 11 is 0. The zero-order valence-corrected chi connectivity index (χ0v) is 13.9. The number of rotatable bonds is 6. The summed E-state index contributed by atoms with van der Waals surface area (Å²) in [4.78, 5) is 4.14. The molecule has 1 aliphatic carbocycles. The molecule has 1 unspecified atom stereocenters. The number of pyridine rings is 1. The quantitative estimate of drug-likeness (QED) is 0.785. The fraction of sp³-hybridized carbons (Fsp3) is 0.688. The van der Waals surface area contributed by atoms with E-state index in [9.17, 15) is 8.42 Å². The topological polar surface area (TPSA) is 68.7 Å². The van der Waals surface area contributed by atoms with Crippen LogP contribution in [0.2, 0.25) is 0 Å². The highest BCUT2D eigenvalue weighted by molar-refractivity contribution is 7.90. The molecule has 126 valence electrons. The third-order valence-corrected chi connectivity index (χ3v) is 7.44. The van der Waals surface area contributed by atoms with Gasteiger partial charge in [-0.3, -0.25) is 0 Å². The Bertz CT molecular complexity index is 654. The largest absolute Gasteiger partial charge is 0.478 e. The van der Waals surface area contributed by atoms with Crippen LogP contribution in [0.3, 0.4) is 0 Å². The van der Waals surface area contributed by atoms with Crippen LogP contribution in [0.4, 0.5) is 0 Å². The normalized spacial score (nSPS) is 27.0. The Morgan fingerprint density at radius 1 is 1.30 bits per heavy atom. The van der Waals surface area contributed by atoms with E-state index in [1.54, 1.807) is 10.5 Å². The molecule has 1 saturated carbocycles. The van der Waals surface area contributed by atoms with Crippen LogP contribution in [0.1, 0.15) is 25.7 Å². The second kappa shape index (κ2) is 5.72. The molecule has 0 aromatic carbocycles. The van der Waals surface area contributed by atoms with Gasteiger partial charge in [-0.1, -0.05) is 6.07 Å². The Balaban J connectivity index is 1.31. The number of nitrogens with zero attached hydrogens (tertiary/aromatic N) is 2. The third kappa shape index (κ3) is 2.86. The standard InChI is InChI=1S/C16H22N2O4S/c19-23(20,14-4-5-14)18-11-16(12-18)13(7-10-22-16)6-9-21-15-3-1-2-8-17-15/h1-3,8,13-14H,4-7,9-12H2. The lowest BCUT2D eigenvalue weighted by Gasteiger charge is -2.49. The van der Waals surface area contributed by atoms with Crippen molar-refractivity contribution in [2.24, 2.45) is 5.92 Å². The molecule has 0 N–H and O–H groups in total. The smallest absolute Gasteiger partial charge is 0.217 e. The van der Waals surface area contributed by atoms with Crippen molar-refractivity contribution in [1.82, 2.24) is 9.29 Å². The van der Waals surface area contributed by atoms with Crippen LogP contribution in [0.5, 0.6) is 5.88 Å². The molecule has 7 heteroatoms. The second-order valence-corrected chi connectivity index (χ2v) is 8.93. The van der Waals surface area contributed by atoms with Gasteiger partial charge in [0.15, 0.2) is 0 Å². The van der Waals surface area contributed by atoms with Crippen LogP contribution in [-0.4, -0.2) is 54.9 Å². The molecule has 0 radical (unpaired) electrons. The summed E-state index contributed by atoms with van der Waals surface area (Å²) in [6.45, 7) is 2.33. The predicted octanol–water partition coefficient (Wildman–Crippen LogP) is 1.43. The zero-order chi connectivity index (χ0) is 15.9. The van der Waals surface area contributed by atoms with Crippen molar-refractivity contribution in [3.8, 4) is 5.88 Å².